The minimum absolute atomic E-state index is 0.282. The Labute approximate surface area is 161 Å². The first-order chi connectivity index (χ1) is 13.2. The average Bonchev–Trinajstić information content (AvgIpc) is 3.20. The highest BCUT2D eigenvalue weighted by molar-refractivity contribution is 6.03. The van der Waals surface area contributed by atoms with Crippen LogP contribution in [0, 0.1) is 6.92 Å². The lowest BCUT2D eigenvalue weighted by atomic mass is 10.1. The lowest BCUT2D eigenvalue weighted by Crippen LogP contribution is -2.23. The number of fused-ring (bicyclic) bond motifs is 2. The quantitative estimate of drug-likeness (QED) is 0.517. The molecule has 0 unspecified atom stereocenters. The van der Waals surface area contributed by atoms with Crippen LogP contribution in [-0.2, 0) is 10.3 Å². The third-order valence-corrected chi connectivity index (χ3v) is 4.85. The second-order valence-electron chi connectivity index (χ2n) is 7.77. The SMILES string of the molecule is COC(=O)c1ccc2c(C)c(-c3nn(C(C)(C)C)c4ncnc(N)c34)[nH]c2c1. The van der Waals surface area contributed by atoms with Gasteiger partial charge in [-0.05, 0) is 45.4 Å². The molecule has 4 aromatic rings. The van der Waals surface area contributed by atoms with Gasteiger partial charge in [0.15, 0.2) is 5.65 Å². The van der Waals surface area contributed by atoms with Crippen molar-refractivity contribution in [3.63, 3.8) is 0 Å². The molecule has 1 aromatic carbocycles. The van der Waals surface area contributed by atoms with E-state index in [4.69, 9.17) is 15.6 Å². The van der Waals surface area contributed by atoms with E-state index in [0.29, 0.717) is 28.1 Å². The number of ether oxygens (including phenoxy) is 1. The largest absolute Gasteiger partial charge is 0.465 e. The lowest BCUT2D eigenvalue weighted by Gasteiger charge is -2.19. The Balaban J connectivity index is 2.02. The van der Waals surface area contributed by atoms with Gasteiger partial charge in [0.2, 0.25) is 0 Å². The molecule has 144 valence electrons. The molecule has 0 aliphatic rings. The summed E-state index contributed by atoms with van der Waals surface area (Å²) in [7, 11) is 1.37. The molecule has 0 aliphatic heterocycles. The van der Waals surface area contributed by atoms with Crippen LogP contribution in [0.1, 0.15) is 36.7 Å². The first-order valence-electron chi connectivity index (χ1n) is 8.93. The number of methoxy groups -OCH3 is 1. The predicted molar refractivity (Wildman–Crippen MR) is 108 cm³/mol. The maximum atomic E-state index is 11.9. The number of benzene rings is 1. The van der Waals surface area contributed by atoms with Crippen LogP contribution in [0.15, 0.2) is 24.5 Å². The fourth-order valence-electron chi connectivity index (χ4n) is 3.44. The number of aryl methyl sites for hydroxylation is 1. The van der Waals surface area contributed by atoms with Crippen LogP contribution < -0.4 is 5.73 Å². The maximum absolute atomic E-state index is 11.9. The summed E-state index contributed by atoms with van der Waals surface area (Å²) in [6.07, 6.45) is 1.45. The number of nitrogen functional groups attached to an aromatic ring is 1. The number of hydrogen-bond acceptors (Lipinski definition) is 6. The van der Waals surface area contributed by atoms with Gasteiger partial charge in [0.25, 0.3) is 0 Å². The average molecular weight is 378 g/mol. The molecule has 8 nitrogen and oxygen atoms in total. The Morgan fingerprint density at radius 3 is 2.68 bits per heavy atom. The van der Waals surface area contributed by atoms with E-state index < -0.39 is 0 Å². The summed E-state index contributed by atoms with van der Waals surface area (Å²) in [6.45, 7) is 8.18. The fourth-order valence-corrected chi connectivity index (χ4v) is 3.44. The van der Waals surface area contributed by atoms with Crippen molar-refractivity contribution in [2.45, 2.75) is 33.2 Å². The maximum Gasteiger partial charge on any atom is 0.337 e. The molecule has 8 heteroatoms. The molecule has 3 aromatic heterocycles. The van der Waals surface area contributed by atoms with Gasteiger partial charge in [0, 0.05) is 10.9 Å². The van der Waals surface area contributed by atoms with E-state index in [9.17, 15) is 4.79 Å². The molecule has 0 saturated heterocycles. The molecule has 0 spiro atoms. The molecule has 0 atom stereocenters. The minimum atomic E-state index is -0.379. The number of nitrogens with one attached hydrogen (secondary N) is 1. The predicted octanol–water partition coefficient (Wildman–Crippen LogP) is 3.41. The number of anilines is 1. The zero-order valence-corrected chi connectivity index (χ0v) is 16.5. The molecule has 3 heterocycles. The fraction of sp³-hybridized carbons (Fsp3) is 0.300. The van der Waals surface area contributed by atoms with Gasteiger partial charge in [0.05, 0.1) is 29.3 Å². The van der Waals surface area contributed by atoms with Crippen LogP contribution in [0.3, 0.4) is 0 Å². The van der Waals surface area contributed by atoms with Crippen molar-refractivity contribution in [3.8, 4) is 11.4 Å². The molecule has 0 aliphatic carbocycles. The van der Waals surface area contributed by atoms with Gasteiger partial charge in [0.1, 0.15) is 17.8 Å². The lowest BCUT2D eigenvalue weighted by molar-refractivity contribution is 0.0601. The second kappa shape index (κ2) is 6.05. The molecular formula is C20H22N6O2. The van der Waals surface area contributed by atoms with Crippen LogP contribution in [-0.4, -0.2) is 37.8 Å². The van der Waals surface area contributed by atoms with E-state index in [2.05, 4.69) is 35.7 Å². The van der Waals surface area contributed by atoms with Gasteiger partial charge in [-0.3, -0.25) is 0 Å². The van der Waals surface area contributed by atoms with Crippen molar-refractivity contribution in [3.05, 3.63) is 35.7 Å². The Hall–Kier alpha value is -3.42. The van der Waals surface area contributed by atoms with E-state index in [1.54, 1.807) is 12.1 Å². The molecular weight excluding hydrogens is 356 g/mol. The number of aromatic amines is 1. The van der Waals surface area contributed by atoms with Crippen LogP contribution in [0.5, 0.6) is 0 Å². The zero-order chi connectivity index (χ0) is 20.2. The Bertz CT molecular complexity index is 1230. The first-order valence-corrected chi connectivity index (χ1v) is 8.93. The summed E-state index contributed by atoms with van der Waals surface area (Å²) in [5.74, 6) is -0.000358. The van der Waals surface area contributed by atoms with Gasteiger partial charge in [-0.1, -0.05) is 6.07 Å². The summed E-state index contributed by atoms with van der Waals surface area (Å²) in [6, 6.07) is 5.43. The molecule has 4 rings (SSSR count). The van der Waals surface area contributed by atoms with Crippen molar-refractivity contribution in [2.75, 3.05) is 12.8 Å². The molecule has 28 heavy (non-hydrogen) atoms. The number of aromatic nitrogens is 5. The standard InChI is InChI=1S/C20H22N6O2/c1-10-12-7-6-11(19(27)28-5)8-13(12)24-15(10)16-14-17(21)22-9-23-18(14)26(25-16)20(2,3)4/h6-9,24H,1-5H3,(H2,21,22,23). The van der Waals surface area contributed by atoms with Crippen molar-refractivity contribution < 1.29 is 9.53 Å². The number of H-pyrrole nitrogens is 1. The highest BCUT2D eigenvalue weighted by Crippen LogP contribution is 2.36. The van der Waals surface area contributed by atoms with E-state index in [0.717, 1.165) is 22.2 Å². The summed E-state index contributed by atoms with van der Waals surface area (Å²) < 4.78 is 6.68. The van der Waals surface area contributed by atoms with Gasteiger partial charge in [-0.25, -0.2) is 19.4 Å². The van der Waals surface area contributed by atoms with Gasteiger partial charge in [-0.2, -0.15) is 5.10 Å². The summed E-state index contributed by atoms with van der Waals surface area (Å²) >= 11 is 0. The highest BCUT2D eigenvalue weighted by atomic mass is 16.5. The number of rotatable bonds is 2. The Morgan fingerprint density at radius 1 is 1.25 bits per heavy atom. The molecule has 0 saturated carbocycles. The molecule has 0 amide bonds. The Kier molecular flexibility index (Phi) is 3.88. The van der Waals surface area contributed by atoms with Crippen LogP contribution in [0.2, 0.25) is 0 Å². The highest BCUT2D eigenvalue weighted by Gasteiger charge is 2.26. The number of hydrogen-bond donors (Lipinski definition) is 2. The normalized spacial score (nSPS) is 12.0. The van der Waals surface area contributed by atoms with E-state index >= 15 is 0 Å². The third kappa shape index (κ3) is 2.60. The topological polar surface area (TPSA) is 112 Å². The minimum Gasteiger partial charge on any atom is -0.465 e. The van der Waals surface area contributed by atoms with Gasteiger partial charge >= 0.3 is 5.97 Å². The number of esters is 1. The molecule has 0 radical (unpaired) electrons. The number of carbonyl (C=O) groups is 1. The number of nitrogens with two attached hydrogens (primary N) is 1. The molecule has 0 bridgehead atoms. The zero-order valence-electron chi connectivity index (χ0n) is 16.5. The van der Waals surface area contributed by atoms with Crippen LogP contribution in [0.25, 0.3) is 33.3 Å². The third-order valence-electron chi connectivity index (χ3n) is 4.85. The van der Waals surface area contributed by atoms with Crippen molar-refractivity contribution >= 4 is 33.7 Å². The molecule has 3 N–H and O–H groups in total. The summed E-state index contributed by atoms with van der Waals surface area (Å²) in [5, 5.41) is 6.54. The number of carbonyl (C=O) groups excluding carboxylic acids is 1. The van der Waals surface area contributed by atoms with Crippen molar-refractivity contribution in [2.24, 2.45) is 0 Å². The van der Waals surface area contributed by atoms with Gasteiger partial charge in [-0.15, -0.1) is 0 Å². The van der Waals surface area contributed by atoms with E-state index in [-0.39, 0.29) is 11.5 Å². The molecule has 0 fully saturated rings. The van der Waals surface area contributed by atoms with Gasteiger partial charge < -0.3 is 15.5 Å². The second-order valence-corrected chi connectivity index (χ2v) is 7.77. The van der Waals surface area contributed by atoms with Crippen molar-refractivity contribution in [1.82, 2.24) is 24.7 Å². The van der Waals surface area contributed by atoms with Crippen LogP contribution in [0.4, 0.5) is 5.82 Å². The van der Waals surface area contributed by atoms with Crippen molar-refractivity contribution in [1.29, 1.82) is 0 Å². The smallest absolute Gasteiger partial charge is 0.337 e. The van der Waals surface area contributed by atoms with E-state index in [1.165, 1.54) is 13.4 Å². The van der Waals surface area contributed by atoms with E-state index in [1.807, 2.05) is 17.7 Å². The number of nitrogens with zero attached hydrogens (tertiary/aromatic N) is 4. The summed E-state index contributed by atoms with van der Waals surface area (Å²) in [4.78, 5) is 23.8. The monoisotopic (exact) mass is 378 g/mol. The first kappa shape index (κ1) is 18.0. The Morgan fingerprint density at radius 2 is 2.00 bits per heavy atom. The summed E-state index contributed by atoms with van der Waals surface area (Å²) in [5.41, 5.74) is 10.4. The van der Waals surface area contributed by atoms with Crippen LogP contribution >= 0.6 is 0 Å².